The highest BCUT2D eigenvalue weighted by atomic mass is 16.5. The lowest BCUT2D eigenvalue weighted by atomic mass is 10.1. The smallest absolute Gasteiger partial charge is 0.249 e. The van der Waals surface area contributed by atoms with Crippen molar-refractivity contribution in [3.63, 3.8) is 0 Å². The van der Waals surface area contributed by atoms with E-state index in [1.54, 1.807) is 17.1 Å². The molecule has 8 heteroatoms. The van der Waals surface area contributed by atoms with E-state index in [0.29, 0.717) is 29.8 Å². The van der Waals surface area contributed by atoms with Gasteiger partial charge in [-0.15, -0.1) is 0 Å². The van der Waals surface area contributed by atoms with Crippen molar-refractivity contribution in [3.8, 4) is 5.75 Å². The van der Waals surface area contributed by atoms with Gasteiger partial charge < -0.3 is 10.1 Å². The standard InChI is InChI=1S/C17H21N5O3/c1-4-25-13-8-6-5-7-11(13)18-16(24)12-9-14(23)19-17-20-15(10(2)3)21-22(12)17/h5-8,12,21H,4,9H2,1-3H3,(H,18,24)(H,19,20,23)/t12-/m0/s1. The number of hydrogen-bond acceptors (Lipinski definition) is 6. The number of fused-ring (bicyclic) bond motifs is 1. The predicted octanol–water partition coefficient (Wildman–Crippen LogP) is 1.34. The van der Waals surface area contributed by atoms with E-state index in [1.165, 1.54) is 0 Å². The molecule has 0 radical (unpaired) electrons. The molecule has 3 N–H and O–H groups in total. The van der Waals surface area contributed by atoms with E-state index in [4.69, 9.17) is 4.74 Å². The molecular weight excluding hydrogens is 322 g/mol. The van der Waals surface area contributed by atoms with Gasteiger partial charge in [-0.25, -0.2) is 5.01 Å². The number of anilines is 1. The number of hydrogen-bond donors (Lipinski definition) is 3. The van der Waals surface area contributed by atoms with Crippen LogP contribution in [0.5, 0.6) is 5.75 Å². The average molecular weight is 343 g/mol. The second-order valence-corrected chi connectivity index (χ2v) is 5.95. The summed E-state index contributed by atoms with van der Waals surface area (Å²) in [5, 5.41) is 7.11. The largest absolute Gasteiger partial charge is 0.492 e. The van der Waals surface area contributed by atoms with E-state index in [0.717, 1.165) is 5.57 Å². The molecule has 2 amide bonds. The molecule has 0 spiro atoms. The van der Waals surface area contributed by atoms with Crippen LogP contribution in [0.25, 0.3) is 0 Å². The third-order valence-electron chi connectivity index (χ3n) is 3.83. The molecule has 0 bridgehead atoms. The lowest BCUT2D eigenvalue weighted by molar-refractivity contribution is -0.129. The highest BCUT2D eigenvalue weighted by molar-refractivity contribution is 6.08. The number of carbonyl (C=O) groups is 2. The number of guanidine groups is 1. The first kappa shape index (κ1) is 16.8. The van der Waals surface area contributed by atoms with Crippen molar-refractivity contribution in [1.82, 2.24) is 15.8 Å². The Morgan fingerprint density at radius 1 is 1.40 bits per heavy atom. The Labute approximate surface area is 145 Å². The second-order valence-electron chi connectivity index (χ2n) is 5.95. The summed E-state index contributed by atoms with van der Waals surface area (Å²) in [6.45, 7) is 6.18. The summed E-state index contributed by atoms with van der Waals surface area (Å²) < 4.78 is 5.53. The van der Waals surface area contributed by atoms with Crippen LogP contribution in [0.15, 0.2) is 40.7 Å². The quantitative estimate of drug-likeness (QED) is 0.767. The van der Waals surface area contributed by atoms with Gasteiger partial charge in [-0.05, 0) is 38.5 Å². The van der Waals surface area contributed by atoms with Crippen LogP contribution in [0.1, 0.15) is 27.2 Å². The summed E-state index contributed by atoms with van der Waals surface area (Å²) >= 11 is 0. The summed E-state index contributed by atoms with van der Waals surface area (Å²) in [7, 11) is 0. The molecule has 2 aliphatic heterocycles. The number of carbonyl (C=O) groups excluding carboxylic acids is 2. The Bertz CT molecular complexity index is 767. The van der Waals surface area contributed by atoms with Crippen LogP contribution in [0.3, 0.4) is 0 Å². The van der Waals surface area contributed by atoms with Crippen LogP contribution < -0.4 is 20.8 Å². The summed E-state index contributed by atoms with van der Waals surface area (Å²) in [6.07, 6.45) is 0.0324. The van der Waals surface area contributed by atoms with Gasteiger partial charge in [0.1, 0.15) is 17.6 Å². The Hall–Kier alpha value is -3.03. The van der Waals surface area contributed by atoms with Gasteiger partial charge in [-0.1, -0.05) is 12.1 Å². The maximum atomic E-state index is 12.8. The predicted molar refractivity (Wildman–Crippen MR) is 93.6 cm³/mol. The van der Waals surface area contributed by atoms with E-state index >= 15 is 0 Å². The van der Waals surface area contributed by atoms with Crippen LogP contribution in [0.2, 0.25) is 0 Å². The van der Waals surface area contributed by atoms with Crippen molar-refractivity contribution in [2.75, 3.05) is 11.9 Å². The lowest BCUT2D eigenvalue weighted by Gasteiger charge is -2.32. The number of ether oxygens (including phenoxy) is 1. The molecule has 25 heavy (non-hydrogen) atoms. The highest BCUT2D eigenvalue weighted by Gasteiger charge is 2.39. The average Bonchev–Trinajstić information content (AvgIpc) is 3.00. The molecule has 1 fully saturated rings. The lowest BCUT2D eigenvalue weighted by Crippen LogP contribution is -2.61. The van der Waals surface area contributed by atoms with Gasteiger partial charge in [0.25, 0.3) is 0 Å². The zero-order valence-corrected chi connectivity index (χ0v) is 14.4. The summed E-state index contributed by atoms with van der Waals surface area (Å²) in [4.78, 5) is 29.1. The van der Waals surface area contributed by atoms with Crippen molar-refractivity contribution in [2.45, 2.75) is 33.2 Å². The minimum Gasteiger partial charge on any atom is -0.492 e. The Morgan fingerprint density at radius 2 is 2.16 bits per heavy atom. The van der Waals surface area contributed by atoms with Gasteiger partial charge in [0.05, 0.1) is 18.7 Å². The van der Waals surface area contributed by atoms with Crippen molar-refractivity contribution < 1.29 is 14.3 Å². The molecule has 132 valence electrons. The molecule has 3 rings (SSSR count). The van der Waals surface area contributed by atoms with Gasteiger partial charge in [0.15, 0.2) is 0 Å². The van der Waals surface area contributed by atoms with Crippen LogP contribution in [0.4, 0.5) is 5.69 Å². The SMILES string of the molecule is CCOc1ccccc1NC(=O)[C@@H]1CC(=O)NC2=NC(=C(C)C)NN21. The number of benzene rings is 1. The molecule has 1 aromatic rings. The zero-order chi connectivity index (χ0) is 18.0. The number of rotatable bonds is 4. The minimum absolute atomic E-state index is 0.0324. The van der Waals surface area contributed by atoms with E-state index in [2.05, 4.69) is 21.1 Å². The number of aliphatic imine (C=N–C) groups is 1. The Morgan fingerprint density at radius 3 is 2.88 bits per heavy atom. The zero-order valence-electron chi connectivity index (χ0n) is 14.4. The van der Waals surface area contributed by atoms with Crippen molar-refractivity contribution in [1.29, 1.82) is 0 Å². The highest BCUT2D eigenvalue weighted by Crippen LogP contribution is 2.25. The number of allylic oxidation sites excluding steroid dienone is 1. The normalized spacial score (nSPS) is 18.8. The fraction of sp³-hybridized carbons (Fsp3) is 0.353. The van der Waals surface area contributed by atoms with Crippen LogP contribution in [0, 0.1) is 0 Å². The van der Waals surface area contributed by atoms with Crippen LogP contribution >= 0.6 is 0 Å². The molecule has 1 saturated heterocycles. The number of nitrogens with one attached hydrogen (secondary N) is 3. The van der Waals surface area contributed by atoms with E-state index in [1.807, 2.05) is 32.9 Å². The molecule has 0 aliphatic carbocycles. The molecule has 2 heterocycles. The maximum absolute atomic E-state index is 12.8. The second kappa shape index (κ2) is 6.84. The van der Waals surface area contributed by atoms with E-state index in [9.17, 15) is 9.59 Å². The molecule has 2 aliphatic rings. The van der Waals surface area contributed by atoms with Crippen LogP contribution in [-0.2, 0) is 9.59 Å². The fourth-order valence-corrected chi connectivity index (χ4v) is 2.61. The molecular formula is C17H21N5O3. The topological polar surface area (TPSA) is 95.1 Å². The molecule has 1 aromatic carbocycles. The molecule has 0 saturated carbocycles. The van der Waals surface area contributed by atoms with Crippen molar-refractivity contribution >= 4 is 23.5 Å². The molecule has 0 unspecified atom stereocenters. The summed E-state index contributed by atoms with van der Waals surface area (Å²) in [5.41, 5.74) is 4.60. The van der Waals surface area contributed by atoms with E-state index in [-0.39, 0.29) is 18.2 Å². The van der Waals surface area contributed by atoms with E-state index < -0.39 is 6.04 Å². The first-order chi connectivity index (χ1) is 12.0. The van der Waals surface area contributed by atoms with Crippen molar-refractivity contribution in [2.24, 2.45) is 4.99 Å². The van der Waals surface area contributed by atoms with Gasteiger partial charge in [0.2, 0.25) is 17.8 Å². The molecule has 8 nitrogen and oxygen atoms in total. The van der Waals surface area contributed by atoms with Gasteiger partial charge in [0, 0.05) is 0 Å². The summed E-state index contributed by atoms with van der Waals surface area (Å²) in [5.74, 6) is 1.00. The number of para-hydroxylation sites is 2. The number of nitrogens with zero attached hydrogens (tertiary/aromatic N) is 2. The summed E-state index contributed by atoms with van der Waals surface area (Å²) in [6, 6.07) is 6.49. The minimum atomic E-state index is -0.709. The Kier molecular flexibility index (Phi) is 4.60. The maximum Gasteiger partial charge on any atom is 0.249 e. The van der Waals surface area contributed by atoms with Gasteiger partial charge in [-0.3, -0.25) is 20.3 Å². The monoisotopic (exact) mass is 343 g/mol. The third kappa shape index (κ3) is 3.42. The third-order valence-corrected chi connectivity index (χ3v) is 3.83. The van der Waals surface area contributed by atoms with Crippen molar-refractivity contribution in [3.05, 3.63) is 35.7 Å². The molecule has 0 aromatic heterocycles. The first-order valence-electron chi connectivity index (χ1n) is 8.14. The van der Waals surface area contributed by atoms with Gasteiger partial charge >= 0.3 is 0 Å². The molecule has 1 atom stereocenters. The first-order valence-corrected chi connectivity index (χ1v) is 8.14. The number of hydrazine groups is 1. The van der Waals surface area contributed by atoms with Crippen LogP contribution in [-0.4, -0.2) is 35.4 Å². The van der Waals surface area contributed by atoms with Gasteiger partial charge in [-0.2, -0.15) is 4.99 Å². The Balaban J connectivity index is 1.81. The number of amides is 2. The fourth-order valence-electron chi connectivity index (χ4n) is 2.61.